The van der Waals surface area contributed by atoms with Gasteiger partial charge in [-0.3, -0.25) is 0 Å². The Morgan fingerprint density at radius 1 is 1.53 bits per heavy atom. The summed E-state index contributed by atoms with van der Waals surface area (Å²) in [7, 11) is 1.31. The standard InChI is InChI=1S/C11H17NO5/c1-7-10(11(15)16-2)3-9(17-7)4-12-8(5-13)6-14/h3,8,12-14H,4-6H2,1-2H3. The number of furan rings is 1. The average Bonchev–Trinajstić information content (AvgIpc) is 2.71. The van der Waals surface area contributed by atoms with Crippen molar-refractivity contribution in [2.75, 3.05) is 20.3 Å². The zero-order valence-corrected chi connectivity index (χ0v) is 9.90. The minimum Gasteiger partial charge on any atom is -0.465 e. The van der Waals surface area contributed by atoms with Gasteiger partial charge in [0, 0.05) is 0 Å². The summed E-state index contributed by atoms with van der Waals surface area (Å²) in [5.41, 5.74) is 0.383. The van der Waals surface area contributed by atoms with Gasteiger partial charge in [0.15, 0.2) is 0 Å². The smallest absolute Gasteiger partial charge is 0.341 e. The van der Waals surface area contributed by atoms with Crippen molar-refractivity contribution >= 4 is 5.97 Å². The molecule has 0 saturated carbocycles. The monoisotopic (exact) mass is 243 g/mol. The molecule has 0 spiro atoms. The molecule has 0 aliphatic rings. The van der Waals surface area contributed by atoms with Crippen LogP contribution in [0, 0.1) is 6.92 Å². The summed E-state index contributed by atoms with van der Waals surface area (Å²) in [5.74, 6) is 0.589. The van der Waals surface area contributed by atoms with Crippen LogP contribution >= 0.6 is 0 Å². The second-order valence-corrected chi connectivity index (χ2v) is 3.62. The summed E-state index contributed by atoms with van der Waals surface area (Å²) in [5, 5.41) is 20.6. The number of methoxy groups -OCH3 is 1. The van der Waals surface area contributed by atoms with E-state index in [9.17, 15) is 4.79 Å². The van der Waals surface area contributed by atoms with E-state index in [1.54, 1.807) is 13.0 Å². The van der Waals surface area contributed by atoms with Gasteiger partial charge in [0.2, 0.25) is 0 Å². The van der Waals surface area contributed by atoms with Crippen molar-refractivity contribution in [2.24, 2.45) is 0 Å². The quantitative estimate of drug-likeness (QED) is 0.600. The number of esters is 1. The molecule has 0 aliphatic carbocycles. The van der Waals surface area contributed by atoms with Crippen LogP contribution in [0.5, 0.6) is 0 Å². The molecule has 3 N–H and O–H groups in total. The first-order valence-electron chi connectivity index (χ1n) is 5.25. The van der Waals surface area contributed by atoms with Crippen LogP contribution in [0.15, 0.2) is 10.5 Å². The van der Waals surface area contributed by atoms with Crippen molar-refractivity contribution in [1.82, 2.24) is 5.32 Å². The molecule has 0 unspecified atom stereocenters. The van der Waals surface area contributed by atoms with Gasteiger partial charge in [-0.15, -0.1) is 0 Å². The fourth-order valence-electron chi connectivity index (χ4n) is 1.38. The highest BCUT2D eigenvalue weighted by Crippen LogP contribution is 2.15. The molecule has 0 atom stereocenters. The predicted molar refractivity (Wildman–Crippen MR) is 59.6 cm³/mol. The number of ether oxygens (including phenoxy) is 1. The van der Waals surface area contributed by atoms with Crippen molar-refractivity contribution in [3.63, 3.8) is 0 Å². The van der Waals surface area contributed by atoms with Gasteiger partial charge in [0.05, 0.1) is 32.9 Å². The molecule has 1 aromatic heterocycles. The highest BCUT2D eigenvalue weighted by Gasteiger charge is 2.15. The first-order chi connectivity index (χ1) is 8.12. The number of hydrogen-bond acceptors (Lipinski definition) is 6. The molecule has 0 aliphatic heterocycles. The Morgan fingerprint density at radius 2 is 2.18 bits per heavy atom. The van der Waals surface area contributed by atoms with Gasteiger partial charge in [0.1, 0.15) is 17.1 Å². The van der Waals surface area contributed by atoms with Crippen molar-refractivity contribution < 1.29 is 24.2 Å². The number of aliphatic hydroxyl groups excluding tert-OH is 2. The van der Waals surface area contributed by atoms with E-state index >= 15 is 0 Å². The second kappa shape index (κ2) is 6.39. The normalized spacial score (nSPS) is 10.9. The molecule has 0 saturated heterocycles. The number of rotatable bonds is 6. The maximum absolute atomic E-state index is 11.3. The SMILES string of the molecule is COC(=O)c1cc(CNC(CO)CO)oc1C. The molecule has 1 rings (SSSR count). The van der Waals surface area contributed by atoms with Crippen molar-refractivity contribution in [3.05, 3.63) is 23.2 Å². The van der Waals surface area contributed by atoms with Crippen molar-refractivity contribution in [1.29, 1.82) is 0 Å². The summed E-state index contributed by atoms with van der Waals surface area (Å²) in [6.45, 7) is 1.66. The first-order valence-corrected chi connectivity index (χ1v) is 5.25. The Hall–Kier alpha value is -1.37. The fourth-order valence-corrected chi connectivity index (χ4v) is 1.38. The maximum Gasteiger partial charge on any atom is 0.341 e. The lowest BCUT2D eigenvalue weighted by molar-refractivity contribution is 0.0599. The van der Waals surface area contributed by atoms with Crippen LogP contribution < -0.4 is 5.32 Å². The van der Waals surface area contributed by atoms with Gasteiger partial charge in [0.25, 0.3) is 0 Å². The third-order valence-electron chi connectivity index (χ3n) is 2.38. The third kappa shape index (κ3) is 3.55. The number of hydrogen-bond donors (Lipinski definition) is 3. The number of carbonyl (C=O) groups is 1. The molecule has 0 aromatic carbocycles. The van der Waals surface area contributed by atoms with Gasteiger partial charge in [-0.05, 0) is 13.0 Å². The Bertz CT molecular complexity index is 370. The molecule has 6 nitrogen and oxygen atoms in total. The van der Waals surface area contributed by atoms with Gasteiger partial charge in [-0.1, -0.05) is 0 Å². The molecular formula is C11H17NO5. The molecule has 96 valence electrons. The Morgan fingerprint density at radius 3 is 2.71 bits per heavy atom. The minimum atomic E-state index is -0.446. The molecule has 17 heavy (non-hydrogen) atoms. The second-order valence-electron chi connectivity index (χ2n) is 3.62. The van der Waals surface area contributed by atoms with E-state index in [0.29, 0.717) is 23.6 Å². The van der Waals surface area contributed by atoms with Crippen LogP contribution in [-0.4, -0.2) is 42.5 Å². The topological polar surface area (TPSA) is 91.9 Å². The minimum absolute atomic E-state index is 0.167. The van der Waals surface area contributed by atoms with E-state index in [1.165, 1.54) is 7.11 Å². The van der Waals surface area contributed by atoms with Gasteiger partial charge < -0.3 is 24.7 Å². The molecule has 6 heteroatoms. The van der Waals surface area contributed by atoms with Crippen LogP contribution in [0.3, 0.4) is 0 Å². The van der Waals surface area contributed by atoms with Crippen molar-refractivity contribution in [3.8, 4) is 0 Å². The van der Waals surface area contributed by atoms with E-state index in [2.05, 4.69) is 10.1 Å². The van der Waals surface area contributed by atoms with Crippen LogP contribution in [0.4, 0.5) is 0 Å². The molecule has 1 aromatic rings. The molecule has 0 bridgehead atoms. The lowest BCUT2D eigenvalue weighted by Crippen LogP contribution is -2.35. The van der Waals surface area contributed by atoms with E-state index in [1.807, 2.05) is 0 Å². The van der Waals surface area contributed by atoms with Crippen LogP contribution in [0.1, 0.15) is 21.9 Å². The number of aryl methyl sites for hydroxylation is 1. The van der Waals surface area contributed by atoms with Gasteiger partial charge in [-0.2, -0.15) is 0 Å². The Balaban J connectivity index is 2.64. The Kier molecular flexibility index (Phi) is 5.14. The van der Waals surface area contributed by atoms with Crippen LogP contribution in [-0.2, 0) is 11.3 Å². The highest BCUT2D eigenvalue weighted by molar-refractivity contribution is 5.90. The summed E-state index contributed by atoms with van der Waals surface area (Å²) in [6.07, 6.45) is 0. The zero-order valence-electron chi connectivity index (χ0n) is 9.90. The average molecular weight is 243 g/mol. The van der Waals surface area contributed by atoms with E-state index < -0.39 is 12.0 Å². The lowest BCUT2D eigenvalue weighted by Gasteiger charge is -2.11. The van der Waals surface area contributed by atoms with Crippen LogP contribution in [0.25, 0.3) is 0 Å². The molecule has 0 radical (unpaired) electrons. The lowest BCUT2D eigenvalue weighted by atomic mass is 10.2. The van der Waals surface area contributed by atoms with Crippen LogP contribution in [0.2, 0.25) is 0 Å². The van der Waals surface area contributed by atoms with Gasteiger partial charge in [-0.25, -0.2) is 4.79 Å². The van der Waals surface area contributed by atoms with E-state index in [-0.39, 0.29) is 13.2 Å². The molecule has 1 heterocycles. The first kappa shape index (κ1) is 13.7. The largest absolute Gasteiger partial charge is 0.465 e. The van der Waals surface area contributed by atoms with Gasteiger partial charge >= 0.3 is 5.97 Å². The summed E-state index contributed by atoms with van der Waals surface area (Å²) < 4.78 is 9.95. The summed E-state index contributed by atoms with van der Waals surface area (Å²) in [6, 6.07) is 1.18. The van der Waals surface area contributed by atoms with Crippen molar-refractivity contribution in [2.45, 2.75) is 19.5 Å². The summed E-state index contributed by atoms with van der Waals surface area (Å²) >= 11 is 0. The fraction of sp³-hybridized carbons (Fsp3) is 0.545. The number of carbonyl (C=O) groups excluding carboxylic acids is 1. The number of nitrogens with one attached hydrogen (secondary N) is 1. The Labute approximate surface area is 99.2 Å². The number of aliphatic hydroxyl groups is 2. The summed E-state index contributed by atoms with van der Waals surface area (Å²) in [4.78, 5) is 11.3. The van der Waals surface area contributed by atoms with E-state index in [0.717, 1.165) is 0 Å². The molecule has 0 fully saturated rings. The zero-order chi connectivity index (χ0) is 12.8. The van der Waals surface area contributed by atoms with E-state index in [4.69, 9.17) is 14.6 Å². The molecule has 0 amide bonds. The highest BCUT2D eigenvalue weighted by atomic mass is 16.5. The third-order valence-corrected chi connectivity index (χ3v) is 2.38. The maximum atomic E-state index is 11.3. The molecular weight excluding hydrogens is 226 g/mol. The predicted octanol–water partition coefficient (Wildman–Crippen LogP) is -0.183.